The zero-order valence-corrected chi connectivity index (χ0v) is 19.2. The third-order valence-corrected chi connectivity index (χ3v) is 5.98. The second-order valence-electron chi connectivity index (χ2n) is 7.92. The van der Waals surface area contributed by atoms with Crippen LogP contribution in [0.25, 0.3) is 11.4 Å². The van der Waals surface area contributed by atoms with Gasteiger partial charge in [0.1, 0.15) is 12.3 Å². The van der Waals surface area contributed by atoms with Crippen LogP contribution in [0.3, 0.4) is 0 Å². The van der Waals surface area contributed by atoms with E-state index in [-0.39, 0.29) is 12.5 Å². The summed E-state index contributed by atoms with van der Waals surface area (Å²) in [6.45, 7) is 6.38. The molecular weight excluding hydrogens is 422 g/mol. The average molecular weight is 452 g/mol. The predicted octanol–water partition coefficient (Wildman–Crippen LogP) is 3.92. The smallest absolute Gasteiger partial charge is 0.240 e. The molecule has 0 unspecified atom stereocenters. The first-order valence-corrected chi connectivity index (χ1v) is 11.5. The van der Waals surface area contributed by atoms with E-state index in [0.717, 1.165) is 36.5 Å². The van der Waals surface area contributed by atoms with Gasteiger partial charge < -0.3 is 10.1 Å². The van der Waals surface area contributed by atoms with E-state index >= 15 is 0 Å². The number of carbonyl (C=O) groups excluding carboxylic acids is 1. The Kier molecular flexibility index (Phi) is 7.34. The average Bonchev–Trinajstić information content (AvgIpc) is 3.44. The Hall–Kier alpha value is -2.97. The fourth-order valence-electron chi connectivity index (χ4n) is 4.01. The molecule has 1 aliphatic heterocycles. The number of aromatic amines is 1. The molecule has 2 aromatic carbocycles. The minimum atomic E-state index is -0.106. The highest BCUT2D eigenvalue weighted by atomic mass is 32.1. The molecule has 1 aliphatic rings. The molecule has 32 heavy (non-hydrogen) atoms. The number of likely N-dealkylation sites (tertiary alicyclic amines) is 1. The SMILES string of the molecule is CCOc1ccc(-c2n[nH]c(=S)n2CC(=O)NCc2ccccc2CN2CCCC2)cc1. The molecule has 7 nitrogen and oxygen atoms in total. The molecule has 1 fully saturated rings. The number of amides is 1. The number of nitrogens with zero attached hydrogens (tertiary/aromatic N) is 3. The van der Waals surface area contributed by atoms with Crippen LogP contribution in [-0.4, -0.2) is 45.3 Å². The summed E-state index contributed by atoms with van der Waals surface area (Å²) in [4.78, 5) is 15.2. The van der Waals surface area contributed by atoms with Crippen LogP contribution in [-0.2, 0) is 24.4 Å². The molecule has 0 bridgehead atoms. The maximum absolute atomic E-state index is 12.8. The first-order chi connectivity index (χ1) is 15.6. The van der Waals surface area contributed by atoms with Crippen LogP contribution < -0.4 is 10.1 Å². The molecule has 0 saturated carbocycles. The number of hydrogen-bond acceptors (Lipinski definition) is 5. The van der Waals surface area contributed by atoms with E-state index in [1.165, 1.54) is 18.4 Å². The lowest BCUT2D eigenvalue weighted by Gasteiger charge is -2.18. The number of benzene rings is 2. The fraction of sp³-hybridized carbons (Fsp3) is 0.375. The van der Waals surface area contributed by atoms with Gasteiger partial charge in [-0.25, -0.2) is 0 Å². The standard InChI is InChI=1S/C24H29N5O2S/c1-2-31-21-11-9-18(10-12-21)23-26-27-24(32)29(23)17-22(30)25-15-19-7-3-4-8-20(19)16-28-13-5-6-14-28/h3-4,7-12H,2,5-6,13-17H2,1H3,(H,25,30)(H,27,32). The summed E-state index contributed by atoms with van der Waals surface area (Å²) < 4.78 is 7.63. The van der Waals surface area contributed by atoms with Gasteiger partial charge in [0.2, 0.25) is 5.91 Å². The lowest BCUT2D eigenvalue weighted by atomic mass is 10.1. The Labute approximate surface area is 193 Å². The van der Waals surface area contributed by atoms with E-state index < -0.39 is 0 Å². The number of ether oxygens (including phenoxy) is 1. The second kappa shape index (κ2) is 10.6. The topological polar surface area (TPSA) is 75.2 Å². The molecule has 0 aliphatic carbocycles. The summed E-state index contributed by atoms with van der Waals surface area (Å²) in [7, 11) is 0. The molecule has 1 aromatic heterocycles. The van der Waals surface area contributed by atoms with Gasteiger partial charge in [-0.1, -0.05) is 24.3 Å². The van der Waals surface area contributed by atoms with Crippen molar-refractivity contribution in [2.45, 2.75) is 39.4 Å². The van der Waals surface area contributed by atoms with E-state index in [1.807, 2.05) is 37.3 Å². The zero-order chi connectivity index (χ0) is 22.3. The van der Waals surface area contributed by atoms with E-state index in [9.17, 15) is 4.79 Å². The number of aromatic nitrogens is 3. The monoisotopic (exact) mass is 451 g/mol. The van der Waals surface area contributed by atoms with Crippen molar-refractivity contribution in [3.05, 3.63) is 64.4 Å². The van der Waals surface area contributed by atoms with Gasteiger partial charge in [-0.2, -0.15) is 5.10 Å². The van der Waals surface area contributed by atoms with Crippen molar-refractivity contribution in [2.75, 3.05) is 19.7 Å². The summed E-state index contributed by atoms with van der Waals surface area (Å²) in [5.41, 5.74) is 3.28. The molecule has 0 atom stereocenters. The molecular formula is C24H29N5O2S. The van der Waals surface area contributed by atoms with Crippen molar-refractivity contribution in [3.63, 3.8) is 0 Å². The predicted molar refractivity (Wildman–Crippen MR) is 127 cm³/mol. The zero-order valence-electron chi connectivity index (χ0n) is 18.3. The number of rotatable bonds is 9. The van der Waals surface area contributed by atoms with Gasteiger partial charge in [0.05, 0.1) is 6.61 Å². The normalized spacial score (nSPS) is 13.9. The highest BCUT2D eigenvalue weighted by molar-refractivity contribution is 7.71. The van der Waals surface area contributed by atoms with Crippen molar-refractivity contribution in [1.29, 1.82) is 0 Å². The van der Waals surface area contributed by atoms with Gasteiger partial charge in [-0.3, -0.25) is 19.4 Å². The Morgan fingerprint density at radius 2 is 1.84 bits per heavy atom. The van der Waals surface area contributed by atoms with Crippen molar-refractivity contribution in [2.24, 2.45) is 0 Å². The molecule has 1 saturated heterocycles. The van der Waals surface area contributed by atoms with Gasteiger partial charge >= 0.3 is 0 Å². The maximum Gasteiger partial charge on any atom is 0.240 e. The Morgan fingerprint density at radius 1 is 1.12 bits per heavy atom. The third kappa shape index (κ3) is 5.44. The van der Waals surface area contributed by atoms with Crippen molar-refractivity contribution in [1.82, 2.24) is 25.0 Å². The third-order valence-electron chi connectivity index (χ3n) is 5.67. The first kappa shape index (κ1) is 22.2. The van der Waals surface area contributed by atoms with Crippen LogP contribution in [0.1, 0.15) is 30.9 Å². The molecule has 168 valence electrons. The summed E-state index contributed by atoms with van der Waals surface area (Å²) >= 11 is 5.37. The van der Waals surface area contributed by atoms with Gasteiger partial charge in [-0.05, 0) is 80.5 Å². The molecule has 0 radical (unpaired) electrons. The number of carbonyl (C=O) groups is 1. The van der Waals surface area contributed by atoms with E-state index in [0.29, 0.717) is 23.7 Å². The Morgan fingerprint density at radius 3 is 2.56 bits per heavy atom. The van der Waals surface area contributed by atoms with Gasteiger partial charge in [0.15, 0.2) is 10.6 Å². The molecule has 1 amide bonds. The second-order valence-corrected chi connectivity index (χ2v) is 8.31. The van der Waals surface area contributed by atoms with Crippen LogP contribution in [0, 0.1) is 4.77 Å². The summed E-state index contributed by atoms with van der Waals surface area (Å²) in [5.74, 6) is 1.32. The van der Waals surface area contributed by atoms with E-state index in [1.54, 1.807) is 4.57 Å². The van der Waals surface area contributed by atoms with Gasteiger partial charge in [0, 0.05) is 18.7 Å². The maximum atomic E-state index is 12.8. The number of nitrogens with one attached hydrogen (secondary N) is 2. The summed E-state index contributed by atoms with van der Waals surface area (Å²) in [5, 5.41) is 10.2. The van der Waals surface area contributed by atoms with Crippen molar-refractivity contribution in [3.8, 4) is 17.1 Å². The van der Waals surface area contributed by atoms with Crippen LogP contribution in [0.2, 0.25) is 0 Å². The molecule has 2 N–H and O–H groups in total. The van der Waals surface area contributed by atoms with Crippen LogP contribution in [0.4, 0.5) is 0 Å². The van der Waals surface area contributed by atoms with Crippen LogP contribution in [0.5, 0.6) is 5.75 Å². The quantitative estimate of drug-likeness (QED) is 0.483. The fourth-order valence-corrected chi connectivity index (χ4v) is 4.21. The number of H-pyrrole nitrogens is 1. The summed E-state index contributed by atoms with van der Waals surface area (Å²) in [6, 6.07) is 15.9. The molecule has 8 heteroatoms. The van der Waals surface area contributed by atoms with Crippen LogP contribution in [0.15, 0.2) is 48.5 Å². The highest BCUT2D eigenvalue weighted by Crippen LogP contribution is 2.21. The van der Waals surface area contributed by atoms with Crippen LogP contribution >= 0.6 is 12.2 Å². The van der Waals surface area contributed by atoms with Crippen molar-refractivity contribution < 1.29 is 9.53 Å². The molecule has 3 aromatic rings. The lowest BCUT2D eigenvalue weighted by molar-refractivity contribution is -0.121. The molecule has 4 rings (SSSR count). The van der Waals surface area contributed by atoms with E-state index in [2.05, 4.69) is 38.6 Å². The Bertz CT molecular complexity index is 1100. The van der Waals surface area contributed by atoms with E-state index in [4.69, 9.17) is 17.0 Å². The first-order valence-electron chi connectivity index (χ1n) is 11.1. The summed E-state index contributed by atoms with van der Waals surface area (Å²) in [6.07, 6.45) is 2.53. The molecule has 2 heterocycles. The number of hydrogen-bond donors (Lipinski definition) is 2. The largest absolute Gasteiger partial charge is 0.494 e. The lowest BCUT2D eigenvalue weighted by Crippen LogP contribution is -2.28. The molecule has 0 spiro atoms. The minimum absolute atomic E-state index is 0.103. The van der Waals surface area contributed by atoms with Crippen molar-refractivity contribution >= 4 is 18.1 Å². The van der Waals surface area contributed by atoms with Gasteiger partial charge in [-0.15, -0.1) is 0 Å². The minimum Gasteiger partial charge on any atom is -0.494 e. The Balaban J connectivity index is 1.41. The van der Waals surface area contributed by atoms with Gasteiger partial charge in [0.25, 0.3) is 0 Å². The highest BCUT2D eigenvalue weighted by Gasteiger charge is 2.15.